The van der Waals surface area contributed by atoms with Crippen molar-refractivity contribution >= 4 is 26.0 Å². The van der Waals surface area contributed by atoms with Crippen LogP contribution in [-0.4, -0.2) is 19.4 Å². The number of nitro groups is 1. The first-order chi connectivity index (χ1) is 6.20. The molecule has 2 aromatic rings. The van der Waals surface area contributed by atoms with E-state index < -0.39 is 15.7 Å². The van der Waals surface area contributed by atoms with E-state index in [2.05, 4.69) is 9.97 Å². The van der Waals surface area contributed by atoms with Crippen molar-refractivity contribution < 1.29 is 9.48 Å². The quantitative estimate of drug-likeness (QED) is 0.390. The summed E-state index contributed by atoms with van der Waals surface area (Å²) in [5.41, 5.74) is 0.361. The van der Waals surface area contributed by atoms with Crippen molar-refractivity contribution in [2.45, 2.75) is 0 Å². The molecule has 0 aliphatic carbocycles. The minimum atomic E-state index is -1.73. The fourth-order valence-corrected chi connectivity index (χ4v) is 2.02. The molecule has 0 radical (unpaired) electrons. The second kappa shape index (κ2) is 2.71. The monoisotopic (exact) mass is 197 g/mol. The van der Waals surface area contributed by atoms with Crippen LogP contribution in [0.25, 0.3) is 10.2 Å². The second-order valence-electron chi connectivity index (χ2n) is 2.28. The fourth-order valence-electron chi connectivity index (χ4n) is 0.981. The molecule has 0 spiro atoms. The van der Waals surface area contributed by atoms with Crippen molar-refractivity contribution in [2.75, 3.05) is 0 Å². The third-order valence-corrected chi connectivity index (χ3v) is 2.90. The highest BCUT2D eigenvalue weighted by Gasteiger charge is 2.24. The van der Waals surface area contributed by atoms with E-state index in [0.717, 1.165) is 0 Å². The average Bonchev–Trinajstić information content (AvgIpc) is 2.45. The maximum Gasteiger partial charge on any atom is 0.464 e. The molecule has 0 amide bonds. The maximum atomic E-state index is 11.4. The van der Waals surface area contributed by atoms with Crippen LogP contribution in [0.2, 0.25) is 0 Å². The van der Waals surface area contributed by atoms with Gasteiger partial charge in [-0.25, -0.2) is 9.97 Å². The Morgan fingerprint density at radius 3 is 2.92 bits per heavy atom. The van der Waals surface area contributed by atoms with E-state index in [1.807, 2.05) is 0 Å². The highest BCUT2D eigenvalue weighted by molar-refractivity contribution is 7.34. The summed E-state index contributed by atoms with van der Waals surface area (Å²) >= 11 is 0. The van der Waals surface area contributed by atoms with Gasteiger partial charge in [0, 0.05) is 10.8 Å². The van der Waals surface area contributed by atoms with Gasteiger partial charge in [0.1, 0.15) is 22.8 Å². The molecule has 0 fully saturated rings. The first kappa shape index (κ1) is 8.02. The van der Waals surface area contributed by atoms with Gasteiger partial charge in [-0.2, -0.15) is 0 Å². The Bertz CT molecular complexity index is 481. The van der Waals surface area contributed by atoms with Gasteiger partial charge in [0.05, 0.1) is 6.20 Å². The lowest BCUT2D eigenvalue weighted by Gasteiger charge is -1.87. The minimum Gasteiger partial charge on any atom is -0.585 e. The maximum absolute atomic E-state index is 11.4. The average molecular weight is 197 g/mol. The Kier molecular flexibility index (Phi) is 1.67. The summed E-state index contributed by atoms with van der Waals surface area (Å²) in [5.74, 6) is 0. The van der Waals surface area contributed by atoms with Gasteiger partial charge in [0.2, 0.25) is 4.70 Å². The number of thiophene rings is 1. The van der Waals surface area contributed by atoms with Gasteiger partial charge >= 0.3 is 5.00 Å². The Labute approximate surface area is 74.8 Å². The molecular weight excluding hydrogens is 194 g/mol. The van der Waals surface area contributed by atoms with Crippen LogP contribution in [0.4, 0.5) is 5.00 Å². The van der Waals surface area contributed by atoms with Gasteiger partial charge in [-0.1, -0.05) is 0 Å². The molecule has 0 N–H and O–H groups in total. The molecule has 0 aliphatic rings. The Morgan fingerprint density at radius 1 is 1.54 bits per heavy atom. The van der Waals surface area contributed by atoms with Crippen molar-refractivity contribution in [3.05, 3.63) is 28.7 Å². The largest absolute Gasteiger partial charge is 0.585 e. The Balaban J connectivity index is 2.81. The van der Waals surface area contributed by atoms with E-state index in [1.54, 1.807) is 0 Å². The standard InChI is InChI=1S/C6H3N3O3S/c10-9(11)6-1-4-5(13(6)12)2-7-3-8-4/h1-3H. The van der Waals surface area contributed by atoms with E-state index in [1.165, 1.54) is 18.6 Å². The third-order valence-electron chi connectivity index (χ3n) is 1.54. The van der Waals surface area contributed by atoms with E-state index >= 15 is 0 Å². The van der Waals surface area contributed by atoms with Crippen LogP contribution >= 0.6 is 10.8 Å². The van der Waals surface area contributed by atoms with Gasteiger partial charge in [0.25, 0.3) is 0 Å². The van der Waals surface area contributed by atoms with Crippen LogP contribution in [0.15, 0.2) is 18.6 Å². The van der Waals surface area contributed by atoms with Crippen molar-refractivity contribution in [3.63, 3.8) is 0 Å². The number of hydrogen-bond donors (Lipinski definition) is 0. The first-order valence-electron chi connectivity index (χ1n) is 3.28. The molecule has 2 aromatic heterocycles. The molecular formula is C6H3N3O3S. The SMILES string of the molecule is O=[N+]([O-])c1cc2ncncc2[s+]1[O-]. The van der Waals surface area contributed by atoms with Gasteiger partial charge in [0.15, 0.2) is 0 Å². The summed E-state index contributed by atoms with van der Waals surface area (Å²) in [7, 11) is -1.73. The molecule has 0 aliphatic heterocycles. The van der Waals surface area contributed by atoms with Crippen LogP contribution in [0.3, 0.4) is 0 Å². The number of nitrogens with zero attached hydrogens (tertiary/aromatic N) is 3. The highest BCUT2D eigenvalue weighted by atomic mass is 32.2. The predicted octanol–water partition coefficient (Wildman–Crippen LogP) is 1.27. The number of rotatable bonds is 1. The molecule has 6 nitrogen and oxygen atoms in total. The fraction of sp³-hybridized carbons (Fsp3) is 0. The van der Waals surface area contributed by atoms with Crippen molar-refractivity contribution in [1.29, 1.82) is 0 Å². The van der Waals surface area contributed by atoms with Crippen molar-refractivity contribution in [2.24, 2.45) is 0 Å². The predicted molar refractivity (Wildman–Crippen MR) is 44.8 cm³/mol. The normalized spacial score (nSPS) is 11.9. The summed E-state index contributed by atoms with van der Waals surface area (Å²) in [5, 5.41) is 10.0. The number of hydrogen-bond acceptors (Lipinski definition) is 5. The lowest BCUT2D eigenvalue weighted by Crippen LogP contribution is -1.83. The molecule has 0 aromatic carbocycles. The molecule has 0 saturated carbocycles. The van der Waals surface area contributed by atoms with Crippen LogP contribution in [0.1, 0.15) is 0 Å². The zero-order valence-electron chi connectivity index (χ0n) is 6.21. The van der Waals surface area contributed by atoms with E-state index in [0.29, 0.717) is 10.2 Å². The highest BCUT2D eigenvalue weighted by Crippen LogP contribution is 2.37. The van der Waals surface area contributed by atoms with Crippen LogP contribution in [0.5, 0.6) is 0 Å². The van der Waals surface area contributed by atoms with Crippen molar-refractivity contribution in [3.8, 4) is 0 Å². The molecule has 1 atom stereocenters. The van der Waals surface area contributed by atoms with Crippen LogP contribution in [-0.2, 0) is 0 Å². The van der Waals surface area contributed by atoms with Crippen LogP contribution < -0.4 is 0 Å². The van der Waals surface area contributed by atoms with Gasteiger partial charge < -0.3 is 4.55 Å². The summed E-state index contributed by atoms with van der Waals surface area (Å²) in [6.45, 7) is 0. The summed E-state index contributed by atoms with van der Waals surface area (Å²) < 4.78 is 11.7. The zero-order valence-corrected chi connectivity index (χ0v) is 7.02. The molecule has 1 unspecified atom stereocenters. The van der Waals surface area contributed by atoms with Crippen LogP contribution in [0, 0.1) is 10.1 Å². The molecule has 2 heterocycles. The Hall–Kier alpha value is -1.60. The molecule has 7 heteroatoms. The summed E-state index contributed by atoms with van der Waals surface area (Å²) in [6.07, 6.45) is 2.58. The van der Waals surface area contributed by atoms with E-state index in [9.17, 15) is 14.7 Å². The van der Waals surface area contributed by atoms with Gasteiger partial charge in [-0.15, -0.1) is 0 Å². The van der Waals surface area contributed by atoms with Crippen molar-refractivity contribution in [1.82, 2.24) is 9.97 Å². The summed E-state index contributed by atoms with van der Waals surface area (Å²) in [6, 6.07) is 1.20. The van der Waals surface area contributed by atoms with E-state index in [4.69, 9.17) is 0 Å². The molecule has 0 bridgehead atoms. The summed E-state index contributed by atoms with van der Waals surface area (Å²) in [4.78, 5) is 17.1. The Morgan fingerprint density at radius 2 is 2.31 bits per heavy atom. The van der Waals surface area contributed by atoms with Gasteiger partial charge in [-0.3, -0.25) is 10.1 Å². The third kappa shape index (κ3) is 1.14. The minimum absolute atomic E-state index is 0.300. The second-order valence-corrected chi connectivity index (χ2v) is 3.68. The molecule has 0 saturated heterocycles. The van der Waals surface area contributed by atoms with Gasteiger partial charge in [-0.05, 0) is 0 Å². The lowest BCUT2D eigenvalue weighted by atomic mass is 10.5. The van der Waals surface area contributed by atoms with E-state index in [-0.39, 0.29) is 5.00 Å². The zero-order chi connectivity index (χ0) is 9.42. The molecule has 66 valence electrons. The number of aromatic nitrogens is 2. The lowest BCUT2D eigenvalue weighted by molar-refractivity contribution is -0.380. The smallest absolute Gasteiger partial charge is 0.464 e. The first-order valence-corrected chi connectivity index (χ1v) is 4.43. The molecule has 13 heavy (non-hydrogen) atoms. The molecule has 2 rings (SSSR count). The topological polar surface area (TPSA) is 92.0 Å². The number of fused-ring (bicyclic) bond motifs is 1.